The fourth-order valence-corrected chi connectivity index (χ4v) is 3.18. The molecule has 1 unspecified atom stereocenters. The normalized spacial score (nSPS) is 22.9. The summed E-state index contributed by atoms with van der Waals surface area (Å²) in [5, 5.41) is 12.6. The Labute approximate surface area is 122 Å². The molecule has 2 aliphatic heterocycles. The molecule has 1 aromatic rings. The number of nitrogens with two attached hydrogens (primary N) is 1. The molecule has 1 amide bonds. The Bertz CT molecular complexity index is 541. The van der Waals surface area contributed by atoms with Gasteiger partial charge in [-0.1, -0.05) is 11.6 Å². The number of nitrogens with zero attached hydrogens (tertiary/aromatic N) is 1. The summed E-state index contributed by atoms with van der Waals surface area (Å²) in [4.78, 5) is 13.8. The molecule has 1 atom stereocenters. The summed E-state index contributed by atoms with van der Waals surface area (Å²) < 4.78 is 0. The lowest BCUT2D eigenvalue weighted by atomic mass is 9.97. The molecule has 5 nitrogen and oxygen atoms in total. The molecule has 6 heteroatoms. The van der Waals surface area contributed by atoms with Gasteiger partial charge in [-0.2, -0.15) is 0 Å². The van der Waals surface area contributed by atoms with E-state index < -0.39 is 6.04 Å². The Kier molecular flexibility index (Phi) is 3.58. The first-order chi connectivity index (χ1) is 9.60. The van der Waals surface area contributed by atoms with Crippen molar-refractivity contribution in [2.75, 3.05) is 29.9 Å². The molecule has 0 aromatic heterocycles. The van der Waals surface area contributed by atoms with E-state index >= 15 is 0 Å². The van der Waals surface area contributed by atoms with Gasteiger partial charge in [0.25, 0.3) is 0 Å². The van der Waals surface area contributed by atoms with E-state index in [9.17, 15) is 9.90 Å². The van der Waals surface area contributed by atoms with Gasteiger partial charge in [0, 0.05) is 30.9 Å². The number of rotatable bonds is 2. The van der Waals surface area contributed by atoms with Gasteiger partial charge in [-0.05, 0) is 30.9 Å². The van der Waals surface area contributed by atoms with Crippen LogP contribution in [0.2, 0.25) is 5.02 Å². The Balaban J connectivity index is 1.85. The van der Waals surface area contributed by atoms with Crippen molar-refractivity contribution >= 4 is 28.9 Å². The van der Waals surface area contributed by atoms with Crippen LogP contribution < -0.4 is 16.0 Å². The van der Waals surface area contributed by atoms with Gasteiger partial charge in [-0.3, -0.25) is 4.79 Å². The van der Waals surface area contributed by atoms with E-state index in [0.717, 1.165) is 42.9 Å². The number of carbonyl (C=O) groups excluding carboxylic acids is 1. The molecule has 4 N–H and O–H groups in total. The molecule has 0 saturated carbocycles. The van der Waals surface area contributed by atoms with Crippen LogP contribution in [0, 0.1) is 5.92 Å². The number of nitrogens with one attached hydrogen (secondary N) is 1. The Morgan fingerprint density at radius 3 is 2.75 bits per heavy atom. The highest BCUT2D eigenvalue weighted by Gasteiger charge is 2.29. The van der Waals surface area contributed by atoms with Crippen molar-refractivity contribution < 1.29 is 9.90 Å². The number of hydrogen-bond donors (Lipinski definition) is 3. The van der Waals surface area contributed by atoms with Gasteiger partial charge in [-0.15, -0.1) is 0 Å². The highest BCUT2D eigenvalue weighted by atomic mass is 35.5. The van der Waals surface area contributed by atoms with Gasteiger partial charge in [0.15, 0.2) is 0 Å². The van der Waals surface area contributed by atoms with Crippen LogP contribution in [0.25, 0.3) is 0 Å². The average molecular weight is 296 g/mol. The molecule has 3 rings (SSSR count). The quantitative estimate of drug-likeness (QED) is 0.772. The maximum Gasteiger partial charge on any atom is 0.245 e. The Morgan fingerprint density at radius 2 is 2.10 bits per heavy atom. The van der Waals surface area contributed by atoms with Gasteiger partial charge in [-0.25, -0.2) is 0 Å². The highest BCUT2D eigenvalue weighted by Crippen LogP contribution is 2.39. The van der Waals surface area contributed by atoms with Gasteiger partial charge >= 0.3 is 0 Å². The van der Waals surface area contributed by atoms with Crippen molar-refractivity contribution in [3.05, 3.63) is 22.7 Å². The van der Waals surface area contributed by atoms with Crippen LogP contribution in [0.15, 0.2) is 12.1 Å². The van der Waals surface area contributed by atoms with E-state index in [1.54, 1.807) is 6.07 Å². The summed E-state index contributed by atoms with van der Waals surface area (Å²) in [5.41, 5.74) is 8.25. The molecular formula is C14H18ClN3O2. The lowest BCUT2D eigenvalue weighted by Gasteiger charge is -2.33. The van der Waals surface area contributed by atoms with Crippen molar-refractivity contribution in [3.8, 4) is 0 Å². The third kappa shape index (κ3) is 2.26. The summed E-state index contributed by atoms with van der Waals surface area (Å²) >= 11 is 6.34. The maximum absolute atomic E-state index is 11.6. The molecule has 1 aromatic carbocycles. The third-order valence-electron chi connectivity index (χ3n) is 4.21. The van der Waals surface area contributed by atoms with Gasteiger partial charge < -0.3 is 21.1 Å². The minimum atomic E-state index is -0.628. The largest absolute Gasteiger partial charge is 0.396 e. The molecule has 1 saturated heterocycles. The number of hydrogen-bond acceptors (Lipinski definition) is 4. The minimum Gasteiger partial charge on any atom is -0.396 e. The van der Waals surface area contributed by atoms with Crippen LogP contribution >= 0.6 is 11.6 Å². The molecule has 20 heavy (non-hydrogen) atoms. The molecule has 0 aliphatic carbocycles. The van der Waals surface area contributed by atoms with Crippen LogP contribution in [0.5, 0.6) is 0 Å². The topological polar surface area (TPSA) is 78.6 Å². The van der Waals surface area contributed by atoms with E-state index in [0.29, 0.717) is 10.9 Å². The molecule has 0 spiro atoms. The summed E-state index contributed by atoms with van der Waals surface area (Å²) in [6, 6.07) is 3.06. The molecule has 2 heterocycles. The third-order valence-corrected chi connectivity index (χ3v) is 4.51. The first-order valence-electron chi connectivity index (χ1n) is 6.86. The molecule has 1 fully saturated rings. The number of carbonyl (C=O) groups is 1. The zero-order chi connectivity index (χ0) is 14.3. The zero-order valence-corrected chi connectivity index (χ0v) is 11.9. The highest BCUT2D eigenvalue weighted by molar-refractivity contribution is 6.33. The van der Waals surface area contributed by atoms with Crippen LogP contribution in [0.4, 0.5) is 11.4 Å². The SMILES string of the molecule is NC1C(=O)Nc2cc(N3CCC(CO)CC3)c(Cl)cc21. The van der Waals surface area contributed by atoms with Crippen molar-refractivity contribution in [2.24, 2.45) is 11.7 Å². The second kappa shape index (κ2) is 5.24. The molecule has 2 aliphatic rings. The smallest absolute Gasteiger partial charge is 0.245 e. The summed E-state index contributed by atoms with van der Waals surface area (Å²) in [6.45, 7) is 1.98. The van der Waals surface area contributed by atoms with Crippen LogP contribution in [0.3, 0.4) is 0 Å². The number of amides is 1. The van der Waals surface area contributed by atoms with Crippen LogP contribution in [0.1, 0.15) is 24.4 Å². The number of piperidine rings is 1. The number of benzene rings is 1. The summed E-state index contributed by atoms with van der Waals surface area (Å²) in [7, 11) is 0. The van der Waals surface area contributed by atoms with E-state index in [1.807, 2.05) is 6.07 Å². The van der Waals surface area contributed by atoms with Gasteiger partial charge in [0.05, 0.1) is 10.7 Å². The number of aliphatic hydroxyl groups excluding tert-OH is 1. The Morgan fingerprint density at radius 1 is 1.40 bits per heavy atom. The number of aliphatic hydroxyl groups is 1. The monoisotopic (exact) mass is 295 g/mol. The second-order valence-electron chi connectivity index (χ2n) is 5.47. The number of halogens is 1. The van der Waals surface area contributed by atoms with Gasteiger partial charge in [0.1, 0.15) is 6.04 Å². The number of anilines is 2. The van der Waals surface area contributed by atoms with E-state index in [2.05, 4.69) is 10.2 Å². The zero-order valence-electron chi connectivity index (χ0n) is 11.1. The van der Waals surface area contributed by atoms with Crippen LogP contribution in [-0.4, -0.2) is 30.7 Å². The standard InChI is InChI=1S/C14H18ClN3O2/c15-10-5-9-11(17-14(20)13(9)16)6-12(10)18-3-1-8(7-19)2-4-18/h5-6,8,13,19H,1-4,7,16H2,(H,17,20). The lowest BCUT2D eigenvalue weighted by molar-refractivity contribution is -0.116. The number of fused-ring (bicyclic) bond motifs is 1. The molecule has 108 valence electrons. The Hall–Kier alpha value is -1.30. The average Bonchev–Trinajstić information content (AvgIpc) is 2.74. The molecular weight excluding hydrogens is 278 g/mol. The second-order valence-corrected chi connectivity index (χ2v) is 5.88. The van der Waals surface area contributed by atoms with Crippen molar-refractivity contribution in [2.45, 2.75) is 18.9 Å². The maximum atomic E-state index is 11.6. The van der Waals surface area contributed by atoms with Crippen molar-refractivity contribution in [3.63, 3.8) is 0 Å². The predicted octanol–water partition coefficient (Wildman–Crippen LogP) is 1.50. The van der Waals surface area contributed by atoms with Crippen LogP contribution in [-0.2, 0) is 4.79 Å². The lowest BCUT2D eigenvalue weighted by Crippen LogP contribution is -2.34. The van der Waals surface area contributed by atoms with E-state index in [4.69, 9.17) is 17.3 Å². The predicted molar refractivity (Wildman–Crippen MR) is 79.0 cm³/mol. The first-order valence-corrected chi connectivity index (χ1v) is 7.23. The van der Waals surface area contributed by atoms with E-state index in [-0.39, 0.29) is 12.5 Å². The fourth-order valence-electron chi connectivity index (χ4n) is 2.89. The molecule has 0 radical (unpaired) electrons. The van der Waals surface area contributed by atoms with Gasteiger partial charge in [0.2, 0.25) is 5.91 Å². The molecule has 0 bridgehead atoms. The first kappa shape index (κ1) is 13.7. The van der Waals surface area contributed by atoms with E-state index in [1.165, 1.54) is 0 Å². The van der Waals surface area contributed by atoms with Crippen molar-refractivity contribution in [1.29, 1.82) is 0 Å². The minimum absolute atomic E-state index is 0.188. The summed E-state index contributed by atoms with van der Waals surface area (Å²) in [5.74, 6) is 0.194. The summed E-state index contributed by atoms with van der Waals surface area (Å²) in [6.07, 6.45) is 1.91. The van der Waals surface area contributed by atoms with Crippen molar-refractivity contribution in [1.82, 2.24) is 0 Å². The fraction of sp³-hybridized carbons (Fsp3) is 0.500.